The molecule has 94 valence electrons. The molecule has 5 nitrogen and oxygen atoms in total. The predicted molar refractivity (Wildman–Crippen MR) is 62.7 cm³/mol. The highest BCUT2D eigenvalue weighted by Crippen LogP contribution is 2.08. The fourth-order valence-corrected chi connectivity index (χ4v) is 1.11. The van der Waals surface area contributed by atoms with E-state index in [2.05, 4.69) is 10.2 Å². The second-order valence-corrected chi connectivity index (χ2v) is 3.19. The number of hydrogen-bond donors (Lipinski definition) is 1. The van der Waals surface area contributed by atoms with Crippen LogP contribution in [0.15, 0.2) is 30.3 Å². The lowest BCUT2D eigenvalue weighted by Crippen LogP contribution is -2.25. The quantitative estimate of drug-likeness (QED) is 0.585. The number of amides is 1. The van der Waals surface area contributed by atoms with Crippen molar-refractivity contribution in [3.8, 4) is 5.75 Å². The number of para-hydroxylation sites is 1. The van der Waals surface area contributed by atoms with Gasteiger partial charge < -0.3 is 9.47 Å². The van der Waals surface area contributed by atoms with Crippen LogP contribution >= 0.6 is 0 Å². The van der Waals surface area contributed by atoms with Gasteiger partial charge in [0.2, 0.25) is 0 Å². The van der Waals surface area contributed by atoms with E-state index in [1.165, 1.54) is 0 Å². The van der Waals surface area contributed by atoms with E-state index in [9.17, 15) is 4.79 Å². The fourth-order valence-electron chi connectivity index (χ4n) is 1.11. The number of benzene rings is 1. The zero-order valence-electron chi connectivity index (χ0n) is 9.85. The predicted octanol–water partition coefficient (Wildman–Crippen LogP) is 2.13. The van der Waals surface area contributed by atoms with E-state index in [4.69, 9.17) is 9.57 Å². The molecular weight excluding hydrogens is 222 g/mol. The Morgan fingerprint density at radius 2 is 2.00 bits per heavy atom. The van der Waals surface area contributed by atoms with Gasteiger partial charge in [-0.15, -0.1) is 0 Å². The van der Waals surface area contributed by atoms with Crippen LogP contribution in [-0.4, -0.2) is 25.9 Å². The highest BCUT2D eigenvalue weighted by atomic mass is 16.7. The first-order valence-corrected chi connectivity index (χ1v) is 5.55. The van der Waals surface area contributed by atoms with Gasteiger partial charge >= 0.3 is 6.09 Å². The van der Waals surface area contributed by atoms with Gasteiger partial charge in [-0.25, -0.2) is 4.79 Å². The van der Waals surface area contributed by atoms with Crippen LogP contribution in [0.3, 0.4) is 0 Å². The van der Waals surface area contributed by atoms with Crippen molar-refractivity contribution in [2.45, 2.75) is 13.3 Å². The zero-order chi connectivity index (χ0) is 12.3. The third-order valence-electron chi connectivity index (χ3n) is 1.83. The van der Waals surface area contributed by atoms with Gasteiger partial charge in [0.25, 0.3) is 0 Å². The molecule has 0 aromatic heterocycles. The Balaban J connectivity index is 1.96. The lowest BCUT2D eigenvalue weighted by Gasteiger charge is -2.07. The van der Waals surface area contributed by atoms with Crippen LogP contribution in [0.4, 0.5) is 4.79 Å². The fraction of sp³-hybridized carbons (Fsp3) is 0.417. The molecule has 0 saturated carbocycles. The molecule has 0 aliphatic rings. The van der Waals surface area contributed by atoms with Crippen LogP contribution in [0.25, 0.3) is 0 Å². The van der Waals surface area contributed by atoms with Crippen molar-refractivity contribution < 1.29 is 19.1 Å². The van der Waals surface area contributed by atoms with Crippen molar-refractivity contribution in [2.24, 2.45) is 0 Å². The molecule has 0 aliphatic heterocycles. The van der Waals surface area contributed by atoms with Gasteiger partial charge in [-0.1, -0.05) is 18.2 Å². The maximum absolute atomic E-state index is 10.8. The summed E-state index contributed by atoms with van der Waals surface area (Å²) in [6.07, 6.45) is 0.109. The van der Waals surface area contributed by atoms with Crippen molar-refractivity contribution in [3.05, 3.63) is 30.3 Å². The summed E-state index contributed by atoms with van der Waals surface area (Å²) in [6, 6.07) is 9.52. The Bertz CT molecular complexity index is 316. The van der Waals surface area contributed by atoms with E-state index in [0.717, 1.165) is 5.75 Å². The van der Waals surface area contributed by atoms with Crippen LogP contribution in [0, 0.1) is 0 Å². The minimum atomic E-state index is -0.573. The average molecular weight is 239 g/mol. The molecule has 0 radical (unpaired) electrons. The van der Waals surface area contributed by atoms with Gasteiger partial charge in [0.15, 0.2) is 0 Å². The Morgan fingerprint density at radius 3 is 2.71 bits per heavy atom. The maximum Gasteiger partial charge on any atom is 0.431 e. The summed E-state index contributed by atoms with van der Waals surface area (Å²) >= 11 is 0. The Hall–Kier alpha value is -1.75. The van der Waals surface area contributed by atoms with Crippen LogP contribution < -0.4 is 10.2 Å². The van der Waals surface area contributed by atoms with E-state index < -0.39 is 6.09 Å². The highest BCUT2D eigenvalue weighted by molar-refractivity contribution is 5.65. The Morgan fingerprint density at radius 1 is 1.24 bits per heavy atom. The molecule has 0 unspecified atom stereocenters. The normalized spacial score (nSPS) is 9.71. The third-order valence-corrected chi connectivity index (χ3v) is 1.83. The molecule has 1 aromatic carbocycles. The van der Waals surface area contributed by atoms with E-state index in [-0.39, 0.29) is 0 Å². The number of hydrogen-bond acceptors (Lipinski definition) is 4. The van der Waals surface area contributed by atoms with Crippen LogP contribution in [0.2, 0.25) is 0 Å². The smallest absolute Gasteiger partial charge is 0.431 e. The summed E-state index contributed by atoms with van der Waals surface area (Å²) < 4.78 is 10.0. The molecule has 0 heterocycles. The standard InChI is InChI=1S/C12H17NO4/c1-2-15-12(14)13-17-10-6-9-16-11-7-4-3-5-8-11/h3-5,7-8H,2,6,9-10H2,1H3,(H,13,14). The zero-order valence-corrected chi connectivity index (χ0v) is 9.85. The van der Waals surface area contributed by atoms with Crippen LogP contribution in [0.5, 0.6) is 5.75 Å². The summed E-state index contributed by atoms with van der Waals surface area (Å²) in [5.41, 5.74) is 2.17. The molecular formula is C12H17NO4. The molecule has 0 spiro atoms. The average Bonchev–Trinajstić information content (AvgIpc) is 2.35. The van der Waals surface area contributed by atoms with Gasteiger partial charge in [-0.2, -0.15) is 5.48 Å². The lowest BCUT2D eigenvalue weighted by molar-refractivity contribution is 0.0245. The number of ether oxygens (including phenoxy) is 2. The molecule has 0 bridgehead atoms. The summed E-state index contributed by atoms with van der Waals surface area (Å²) in [5, 5.41) is 0. The molecule has 0 atom stereocenters. The number of rotatable bonds is 7. The first-order valence-electron chi connectivity index (χ1n) is 5.55. The first-order chi connectivity index (χ1) is 8.33. The summed E-state index contributed by atoms with van der Waals surface area (Å²) in [5.74, 6) is 0.825. The van der Waals surface area contributed by atoms with E-state index >= 15 is 0 Å². The van der Waals surface area contributed by atoms with Crippen molar-refractivity contribution in [2.75, 3.05) is 19.8 Å². The minimum absolute atomic E-state index is 0.326. The van der Waals surface area contributed by atoms with Crippen molar-refractivity contribution in [1.82, 2.24) is 5.48 Å². The van der Waals surface area contributed by atoms with Gasteiger partial charge in [-0.3, -0.25) is 4.84 Å². The molecule has 0 saturated heterocycles. The summed E-state index contributed by atoms with van der Waals surface area (Å²) in [6.45, 7) is 2.97. The monoisotopic (exact) mass is 239 g/mol. The first kappa shape index (κ1) is 13.3. The molecule has 17 heavy (non-hydrogen) atoms. The SMILES string of the molecule is CCOC(=O)NOCCCOc1ccccc1. The summed E-state index contributed by atoms with van der Waals surface area (Å²) in [7, 11) is 0. The van der Waals surface area contributed by atoms with Crippen LogP contribution in [0.1, 0.15) is 13.3 Å². The van der Waals surface area contributed by atoms with Crippen molar-refractivity contribution in [3.63, 3.8) is 0 Å². The van der Waals surface area contributed by atoms with E-state index in [1.54, 1.807) is 6.92 Å². The van der Waals surface area contributed by atoms with Crippen molar-refractivity contribution in [1.29, 1.82) is 0 Å². The van der Waals surface area contributed by atoms with Crippen LogP contribution in [-0.2, 0) is 9.57 Å². The number of hydroxylamine groups is 1. The molecule has 0 aliphatic carbocycles. The Kier molecular flexibility index (Phi) is 6.59. The minimum Gasteiger partial charge on any atom is -0.494 e. The lowest BCUT2D eigenvalue weighted by atomic mass is 10.3. The molecule has 1 amide bonds. The molecule has 1 N–H and O–H groups in total. The van der Waals surface area contributed by atoms with E-state index in [1.807, 2.05) is 30.3 Å². The highest BCUT2D eigenvalue weighted by Gasteiger charge is 1.98. The van der Waals surface area contributed by atoms with Gasteiger partial charge in [-0.05, 0) is 19.1 Å². The largest absolute Gasteiger partial charge is 0.494 e. The number of nitrogens with one attached hydrogen (secondary N) is 1. The maximum atomic E-state index is 10.8. The second-order valence-electron chi connectivity index (χ2n) is 3.19. The van der Waals surface area contributed by atoms with Gasteiger partial charge in [0, 0.05) is 6.42 Å². The van der Waals surface area contributed by atoms with Crippen molar-refractivity contribution >= 4 is 6.09 Å². The molecule has 1 rings (SSSR count). The van der Waals surface area contributed by atoms with E-state index in [0.29, 0.717) is 26.2 Å². The summed E-state index contributed by atoms with van der Waals surface area (Å²) in [4.78, 5) is 15.7. The number of carbonyl (C=O) groups excluding carboxylic acids is 1. The second kappa shape index (κ2) is 8.41. The molecule has 5 heteroatoms. The molecule has 0 fully saturated rings. The third kappa shape index (κ3) is 6.42. The topological polar surface area (TPSA) is 56.8 Å². The Labute approximate surface area is 101 Å². The van der Waals surface area contributed by atoms with Gasteiger partial charge in [0.1, 0.15) is 5.75 Å². The molecule has 1 aromatic rings. The van der Waals surface area contributed by atoms with Gasteiger partial charge in [0.05, 0.1) is 19.8 Å². The number of carbonyl (C=O) groups is 1.